The summed E-state index contributed by atoms with van der Waals surface area (Å²) in [5, 5.41) is 7.61. The van der Waals surface area contributed by atoms with E-state index in [4.69, 9.17) is 10.5 Å². The Kier molecular flexibility index (Phi) is 5.48. The predicted molar refractivity (Wildman–Crippen MR) is 124 cm³/mol. The number of fused-ring (bicyclic) bond motifs is 1. The Balaban J connectivity index is 0.00000193. The number of rotatable bonds is 7. The van der Waals surface area contributed by atoms with Gasteiger partial charge in [-0.05, 0) is 43.2 Å². The number of nitrogens with zero attached hydrogens (tertiary/aromatic N) is 5. The minimum absolute atomic E-state index is 0. The number of halogens is 1. The number of nitrogens with one attached hydrogen (secondary N) is 1. The van der Waals surface area contributed by atoms with Crippen LogP contribution in [0, 0.1) is 5.82 Å². The van der Waals surface area contributed by atoms with Gasteiger partial charge in [-0.1, -0.05) is 18.7 Å². The summed E-state index contributed by atoms with van der Waals surface area (Å²) in [7, 11) is 0. The summed E-state index contributed by atoms with van der Waals surface area (Å²) >= 11 is 0. The maximum absolute atomic E-state index is 13.3. The van der Waals surface area contributed by atoms with Crippen molar-refractivity contribution in [3.8, 4) is 17.3 Å². The standard InChI is InChI=1S/C22H22FN7O.3H2/c1-13(2)12-31-22-27-17(19-20(24)29-30-10-4-9-25-21(19)30)11-18(28-22)26-14(3)15-5-7-16(23)8-6-15;;;/h4-11,14H,1,12H2,2-3H3,(H2,24,29)(H,26,27,28);3*1H/t14-;;;/m0.../s1. The maximum atomic E-state index is 13.3. The second-order valence-electron chi connectivity index (χ2n) is 7.23. The van der Waals surface area contributed by atoms with Crippen molar-refractivity contribution >= 4 is 17.3 Å². The highest BCUT2D eigenvalue weighted by Gasteiger charge is 2.18. The minimum Gasteiger partial charge on any atom is -0.459 e. The summed E-state index contributed by atoms with van der Waals surface area (Å²) in [4.78, 5) is 13.4. The van der Waals surface area contributed by atoms with E-state index in [1.54, 1.807) is 41.2 Å². The minimum atomic E-state index is -0.285. The van der Waals surface area contributed by atoms with Gasteiger partial charge < -0.3 is 15.8 Å². The molecule has 0 aliphatic heterocycles. The second-order valence-corrected chi connectivity index (χ2v) is 7.23. The van der Waals surface area contributed by atoms with Crippen molar-refractivity contribution < 1.29 is 13.4 Å². The van der Waals surface area contributed by atoms with Crippen LogP contribution in [0.1, 0.15) is 29.7 Å². The SMILES string of the molecule is C=C(C)COc1nc(N[C@@H](C)c2ccc(F)cc2)cc(-c2c(N)nn3cccnc23)n1.[HH].[HH].[HH]. The molecule has 0 radical (unpaired) electrons. The number of hydrogen-bond acceptors (Lipinski definition) is 7. The van der Waals surface area contributed by atoms with Crippen LogP contribution in [0.5, 0.6) is 6.01 Å². The van der Waals surface area contributed by atoms with Gasteiger partial charge in [0.2, 0.25) is 0 Å². The molecule has 3 heterocycles. The van der Waals surface area contributed by atoms with Crippen molar-refractivity contribution in [2.24, 2.45) is 0 Å². The van der Waals surface area contributed by atoms with E-state index in [-0.39, 0.29) is 28.8 Å². The van der Waals surface area contributed by atoms with Gasteiger partial charge in [0.05, 0.1) is 11.3 Å². The lowest BCUT2D eigenvalue weighted by atomic mass is 10.1. The van der Waals surface area contributed by atoms with Gasteiger partial charge in [0.25, 0.3) is 0 Å². The first kappa shape index (κ1) is 20.3. The molecule has 9 heteroatoms. The maximum Gasteiger partial charge on any atom is 0.319 e. The first-order valence-corrected chi connectivity index (χ1v) is 9.68. The van der Waals surface area contributed by atoms with Gasteiger partial charge in [0.1, 0.15) is 18.2 Å². The molecule has 3 aromatic heterocycles. The van der Waals surface area contributed by atoms with E-state index >= 15 is 0 Å². The van der Waals surface area contributed by atoms with E-state index in [9.17, 15) is 4.39 Å². The smallest absolute Gasteiger partial charge is 0.319 e. The monoisotopic (exact) mass is 425 g/mol. The molecule has 0 saturated carbocycles. The number of nitrogen functional groups attached to an aromatic ring is 1. The summed E-state index contributed by atoms with van der Waals surface area (Å²) in [5.74, 6) is 0.529. The third kappa shape index (κ3) is 4.45. The van der Waals surface area contributed by atoms with Crippen LogP contribution in [0.2, 0.25) is 0 Å². The van der Waals surface area contributed by atoms with Crippen LogP contribution in [-0.2, 0) is 0 Å². The Morgan fingerprint density at radius 2 is 2.10 bits per heavy atom. The van der Waals surface area contributed by atoms with Gasteiger partial charge in [-0.25, -0.2) is 13.9 Å². The fourth-order valence-electron chi connectivity index (χ4n) is 3.09. The second kappa shape index (κ2) is 8.39. The third-order valence-electron chi connectivity index (χ3n) is 4.57. The number of anilines is 2. The summed E-state index contributed by atoms with van der Waals surface area (Å²) in [5.41, 5.74) is 9.59. The first-order valence-electron chi connectivity index (χ1n) is 9.68. The molecule has 8 nitrogen and oxygen atoms in total. The third-order valence-corrected chi connectivity index (χ3v) is 4.57. The van der Waals surface area contributed by atoms with Crippen molar-refractivity contribution in [3.63, 3.8) is 0 Å². The lowest BCUT2D eigenvalue weighted by Gasteiger charge is -2.16. The molecule has 4 rings (SSSR count). The molecule has 0 amide bonds. The van der Waals surface area contributed by atoms with E-state index < -0.39 is 0 Å². The summed E-state index contributed by atoms with van der Waals surface area (Å²) in [6.07, 6.45) is 3.42. The zero-order valence-electron chi connectivity index (χ0n) is 17.2. The van der Waals surface area contributed by atoms with E-state index in [2.05, 4.69) is 31.9 Å². The average molecular weight is 426 g/mol. The van der Waals surface area contributed by atoms with Crippen LogP contribution in [0.4, 0.5) is 16.0 Å². The molecule has 0 saturated heterocycles. The molecule has 1 aromatic carbocycles. The van der Waals surface area contributed by atoms with Crippen LogP contribution in [-0.4, -0.2) is 31.2 Å². The lowest BCUT2D eigenvalue weighted by molar-refractivity contribution is 0.325. The zero-order valence-corrected chi connectivity index (χ0v) is 17.2. The van der Waals surface area contributed by atoms with Gasteiger partial charge >= 0.3 is 6.01 Å². The van der Waals surface area contributed by atoms with Gasteiger partial charge in [-0.15, -0.1) is 5.10 Å². The normalized spacial score (nSPS) is 12.0. The fraction of sp³-hybridized carbons (Fsp3) is 0.182. The molecule has 3 N–H and O–H groups in total. The summed E-state index contributed by atoms with van der Waals surface area (Å²) in [6.45, 7) is 7.93. The van der Waals surface area contributed by atoms with Crippen molar-refractivity contribution in [2.75, 3.05) is 17.7 Å². The van der Waals surface area contributed by atoms with Crippen molar-refractivity contribution in [1.82, 2.24) is 24.6 Å². The predicted octanol–water partition coefficient (Wildman–Crippen LogP) is 4.77. The molecule has 4 aromatic rings. The highest BCUT2D eigenvalue weighted by Crippen LogP contribution is 2.31. The number of nitrogens with two attached hydrogens (primary N) is 1. The summed E-state index contributed by atoms with van der Waals surface area (Å²) in [6, 6.07) is 9.84. The van der Waals surface area contributed by atoms with Crippen LogP contribution < -0.4 is 15.8 Å². The van der Waals surface area contributed by atoms with Crippen LogP contribution in [0.3, 0.4) is 0 Å². The topological polar surface area (TPSA) is 103 Å². The van der Waals surface area contributed by atoms with Gasteiger partial charge in [-0.2, -0.15) is 9.97 Å². The Morgan fingerprint density at radius 3 is 2.84 bits per heavy atom. The Labute approximate surface area is 183 Å². The van der Waals surface area contributed by atoms with Crippen molar-refractivity contribution in [2.45, 2.75) is 19.9 Å². The van der Waals surface area contributed by atoms with Crippen molar-refractivity contribution in [3.05, 3.63) is 72.3 Å². The molecule has 0 aliphatic rings. The van der Waals surface area contributed by atoms with E-state index in [0.717, 1.165) is 11.1 Å². The molecule has 1 atom stereocenters. The Hall–Kier alpha value is -4.01. The number of aromatic nitrogens is 5. The molecule has 164 valence electrons. The average Bonchev–Trinajstić information content (AvgIpc) is 3.08. The lowest BCUT2D eigenvalue weighted by Crippen LogP contribution is -2.10. The highest BCUT2D eigenvalue weighted by molar-refractivity contribution is 5.85. The first-order chi connectivity index (χ1) is 14.9. The quantitative estimate of drug-likeness (QED) is 0.411. The van der Waals surface area contributed by atoms with Gasteiger partial charge in [0.15, 0.2) is 11.5 Å². The van der Waals surface area contributed by atoms with Gasteiger partial charge in [0, 0.05) is 28.8 Å². The van der Waals surface area contributed by atoms with Gasteiger partial charge in [-0.3, -0.25) is 0 Å². The van der Waals surface area contributed by atoms with E-state index in [1.807, 2.05) is 13.8 Å². The van der Waals surface area contributed by atoms with Crippen LogP contribution >= 0.6 is 0 Å². The molecular formula is C22H28FN7O. The zero-order chi connectivity index (χ0) is 22.0. The largest absolute Gasteiger partial charge is 0.459 e. The summed E-state index contributed by atoms with van der Waals surface area (Å²) < 4.78 is 20.6. The molecular weight excluding hydrogens is 397 g/mol. The number of benzene rings is 1. The molecule has 0 aliphatic carbocycles. The Morgan fingerprint density at radius 1 is 1.32 bits per heavy atom. The highest BCUT2D eigenvalue weighted by atomic mass is 19.1. The van der Waals surface area contributed by atoms with Crippen LogP contribution in [0.25, 0.3) is 16.9 Å². The van der Waals surface area contributed by atoms with Crippen LogP contribution in [0.15, 0.2) is 60.9 Å². The number of hydrogen-bond donors (Lipinski definition) is 2. The Bertz CT molecular complexity index is 1250. The fourth-order valence-corrected chi connectivity index (χ4v) is 3.09. The van der Waals surface area contributed by atoms with Crippen molar-refractivity contribution in [1.29, 1.82) is 0 Å². The molecule has 31 heavy (non-hydrogen) atoms. The molecule has 0 bridgehead atoms. The molecule has 0 spiro atoms. The molecule has 0 unspecified atom stereocenters. The van der Waals surface area contributed by atoms with E-state index in [0.29, 0.717) is 28.5 Å². The molecule has 0 fully saturated rings. The van der Waals surface area contributed by atoms with E-state index in [1.165, 1.54) is 12.1 Å². The number of ether oxygens (including phenoxy) is 1.